The minimum absolute atomic E-state index is 0. The molecule has 1 amide bonds. The van der Waals surface area contributed by atoms with Gasteiger partial charge in [0.15, 0.2) is 5.78 Å². The van der Waals surface area contributed by atoms with Gasteiger partial charge in [-0.1, -0.05) is 12.1 Å². The highest BCUT2D eigenvalue weighted by Gasteiger charge is 2.24. The number of aromatic amines is 1. The van der Waals surface area contributed by atoms with Crippen molar-refractivity contribution in [2.75, 3.05) is 19.6 Å². The molecule has 1 fully saturated rings. The zero-order chi connectivity index (χ0) is 15.5. The van der Waals surface area contributed by atoms with E-state index in [1.54, 1.807) is 42.7 Å². The quantitative estimate of drug-likeness (QED) is 0.845. The zero-order valence-corrected chi connectivity index (χ0v) is 13.7. The number of halogens is 1. The van der Waals surface area contributed by atoms with Crippen molar-refractivity contribution in [1.82, 2.24) is 15.2 Å². The maximum atomic E-state index is 12.5. The molecule has 0 spiro atoms. The molecule has 1 atom stereocenters. The van der Waals surface area contributed by atoms with Gasteiger partial charge in [0, 0.05) is 54.8 Å². The highest BCUT2D eigenvalue weighted by Crippen LogP contribution is 2.14. The summed E-state index contributed by atoms with van der Waals surface area (Å²) >= 11 is 0. The number of rotatable bonds is 3. The Hall–Kier alpha value is -2.11. The van der Waals surface area contributed by atoms with Crippen LogP contribution in [0.5, 0.6) is 0 Å². The number of carbonyl (C=O) groups excluding carboxylic acids is 2. The van der Waals surface area contributed by atoms with Crippen molar-refractivity contribution >= 4 is 24.1 Å². The first-order valence-corrected chi connectivity index (χ1v) is 7.46. The van der Waals surface area contributed by atoms with Crippen LogP contribution in [-0.4, -0.2) is 47.3 Å². The number of nitrogens with one attached hydrogen (secondary N) is 2. The van der Waals surface area contributed by atoms with Crippen LogP contribution in [0.25, 0.3) is 0 Å². The van der Waals surface area contributed by atoms with Crippen LogP contribution < -0.4 is 5.32 Å². The molecule has 5 nitrogen and oxygen atoms in total. The van der Waals surface area contributed by atoms with E-state index < -0.39 is 0 Å². The predicted octanol–water partition coefficient (Wildman–Crippen LogP) is 2.10. The first-order valence-electron chi connectivity index (χ1n) is 7.46. The summed E-state index contributed by atoms with van der Waals surface area (Å²) in [6.07, 6.45) is 3.39. The SMILES string of the molecule is C[C@H]1CNCCN1C(=O)c1ccc(C(=O)c2cc[nH]c2)cc1.Cl. The summed E-state index contributed by atoms with van der Waals surface area (Å²) in [6.45, 7) is 4.38. The third kappa shape index (κ3) is 3.63. The summed E-state index contributed by atoms with van der Waals surface area (Å²) < 4.78 is 0. The third-order valence-corrected chi connectivity index (χ3v) is 4.02. The van der Waals surface area contributed by atoms with Crippen molar-refractivity contribution < 1.29 is 9.59 Å². The Balaban J connectivity index is 0.00000192. The van der Waals surface area contributed by atoms with Gasteiger partial charge in [-0.25, -0.2) is 0 Å². The lowest BCUT2D eigenvalue weighted by atomic mass is 10.0. The van der Waals surface area contributed by atoms with Crippen molar-refractivity contribution in [2.45, 2.75) is 13.0 Å². The molecular weight excluding hydrogens is 314 g/mol. The molecule has 1 aromatic carbocycles. The van der Waals surface area contributed by atoms with E-state index in [4.69, 9.17) is 0 Å². The van der Waals surface area contributed by atoms with Crippen LogP contribution in [0.2, 0.25) is 0 Å². The molecule has 0 bridgehead atoms. The number of nitrogens with zero attached hydrogens (tertiary/aromatic N) is 1. The lowest BCUT2D eigenvalue weighted by Gasteiger charge is -2.34. The summed E-state index contributed by atoms with van der Waals surface area (Å²) in [4.78, 5) is 29.5. The lowest BCUT2D eigenvalue weighted by molar-refractivity contribution is 0.0655. The number of hydrogen-bond donors (Lipinski definition) is 2. The molecule has 6 heteroatoms. The van der Waals surface area contributed by atoms with Crippen LogP contribution >= 0.6 is 12.4 Å². The molecule has 1 aliphatic heterocycles. The van der Waals surface area contributed by atoms with E-state index in [0.29, 0.717) is 23.2 Å². The summed E-state index contributed by atoms with van der Waals surface area (Å²) in [6, 6.07) is 8.82. The van der Waals surface area contributed by atoms with Crippen molar-refractivity contribution in [3.63, 3.8) is 0 Å². The van der Waals surface area contributed by atoms with Gasteiger partial charge in [-0.3, -0.25) is 9.59 Å². The van der Waals surface area contributed by atoms with Crippen LogP contribution in [0.1, 0.15) is 33.2 Å². The molecule has 122 valence electrons. The van der Waals surface area contributed by atoms with Crippen LogP contribution in [0, 0.1) is 0 Å². The topological polar surface area (TPSA) is 65.2 Å². The summed E-state index contributed by atoms with van der Waals surface area (Å²) in [5.41, 5.74) is 1.83. The van der Waals surface area contributed by atoms with E-state index in [1.165, 1.54) is 0 Å². The van der Waals surface area contributed by atoms with E-state index in [-0.39, 0.29) is 30.1 Å². The Bertz CT molecular complexity index is 668. The van der Waals surface area contributed by atoms with Gasteiger partial charge < -0.3 is 15.2 Å². The molecule has 1 saturated heterocycles. The van der Waals surface area contributed by atoms with Gasteiger partial charge in [0.1, 0.15) is 0 Å². The zero-order valence-electron chi connectivity index (χ0n) is 12.9. The standard InChI is InChI=1S/C17H19N3O2.ClH/c1-12-10-19-8-9-20(12)17(22)14-4-2-13(3-5-14)16(21)15-6-7-18-11-15;/h2-7,11-12,18-19H,8-10H2,1H3;1H/t12-;/m0./s1. The molecule has 0 saturated carbocycles. The molecule has 0 radical (unpaired) electrons. The molecule has 2 aromatic rings. The molecular formula is C17H20ClN3O2. The molecule has 3 rings (SSSR count). The van der Waals surface area contributed by atoms with Gasteiger partial charge in [-0.05, 0) is 25.1 Å². The number of amides is 1. The van der Waals surface area contributed by atoms with E-state index in [9.17, 15) is 9.59 Å². The smallest absolute Gasteiger partial charge is 0.254 e. The number of piperazine rings is 1. The molecule has 23 heavy (non-hydrogen) atoms. The number of ketones is 1. The minimum atomic E-state index is -0.0456. The Morgan fingerprint density at radius 2 is 1.78 bits per heavy atom. The average molecular weight is 334 g/mol. The second-order valence-corrected chi connectivity index (χ2v) is 5.56. The van der Waals surface area contributed by atoms with Crippen molar-refractivity contribution in [1.29, 1.82) is 0 Å². The fourth-order valence-corrected chi connectivity index (χ4v) is 2.70. The highest BCUT2D eigenvalue weighted by atomic mass is 35.5. The second kappa shape index (κ2) is 7.44. The molecule has 1 aromatic heterocycles. The monoisotopic (exact) mass is 333 g/mol. The molecule has 0 aliphatic carbocycles. The van der Waals surface area contributed by atoms with Gasteiger partial charge >= 0.3 is 0 Å². The van der Waals surface area contributed by atoms with E-state index >= 15 is 0 Å². The highest BCUT2D eigenvalue weighted by molar-refractivity contribution is 6.09. The number of hydrogen-bond acceptors (Lipinski definition) is 3. The number of carbonyl (C=O) groups is 2. The second-order valence-electron chi connectivity index (χ2n) is 5.56. The molecule has 0 unspecified atom stereocenters. The van der Waals surface area contributed by atoms with Gasteiger partial charge in [0.05, 0.1) is 0 Å². The largest absolute Gasteiger partial charge is 0.367 e. The van der Waals surface area contributed by atoms with Crippen LogP contribution in [0.4, 0.5) is 0 Å². The third-order valence-electron chi connectivity index (χ3n) is 4.02. The van der Waals surface area contributed by atoms with Crippen LogP contribution in [0.3, 0.4) is 0 Å². The molecule has 2 heterocycles. The normalized spacial score (nSPS) is 17.4. The summed E-state index contributed by atoms with van der Waals surface area (Å²) in [7, 11) is 0. The van der Waals surface area contributed by atoms with Gasteiger partial charge in [-0.2, -0.15) is 0 Å². The molecule has 2 N–H and O–H groups in total. The van der Waals surface area contributed by atoms with E-state index in [0.717, 1.165) is 13.1 Å². The summed E-state index contributed by atoms with van der Waals surface area (Å²) in [5.74, 6) is -0.0227. The van der Waals surface area contributed by atoms with E-state index in [2.05, 4.69) is 10.3 Å². The van der Waals surface area contributed by atoms with Gasteiger partial charge in [-0.15, -0.1) is 12.4 Å². The van der Waals surface area contributed by atoms with Crippen molar-refractivity contribution in [3.8, 4) is 0 Å². The maximum absolute atomic E-state index is 12.5. The Morgan fingerprint density at radius 1 is 1.09 bits per heavy atom. The van der Waals surface area contributed by atoms with Crippen LogP contribution in [-0.2, 0) is 0 Å². The first kappa shape index (κ1) is 17.2. The fraction of sp³-hybridized carbons (Fsp3) is 0.294. The Kier molecular flexibility index (Phi) is 5.58. The Labute approximate surface area is 141 Å². The predicted molar refractivity (Wildman–Crippen MR) is 91.3 cm³/mol. The number of H-pyrrole nitrogens is 1. The van der Waals surface area contributed by atoms with Gasteiger partial charge in [0.2, 0.25) is 0 Å². The minimum Gasteiger partial charge on any atom is -0.367 e. The first-order chi connectivity index (χ1) is 10.7. The number of aromatic nitrogens is 1. The number of benzene rings is 1. The fourth-order valence-electron chi connectivity index (χ4n) is 2.70. The lowest BCUT2D eigenvalue weighted by Crippen LogP contribution is -2.52. The van der Waals surface area contributed by atoms with Crippen LogP contribution in [0.15, 0.2) is 42.7 Å². The average Bonchev–Trinajstić information content (AvgIpc) is 3.09. The molecule has 1 aliphatic rings. The maximum Gasteiger partial charge on any atom is 0.254 e. The van der Waals surface area contributed by atoms with Gasteiger partial charge in [0.25, 0.3) is 5.91 Å². The Morgan fingerprint density at radius 3 is 2.39 bits per heavy atom. The van der Waals surface area contributed by atoms with E-state index in [1.807, 2.05) is 11.8 Å². The van der Waals surface area contributed by atoms with Crippen molar-refractivity contribution in [3.05, 3.63) is 59.4 Å². The van der Waals surface area contributed by atoms with Crippen molar-refractivity contribution in [2.24, 2.45) is 0 Å². The summed E-state index contributed by atoms with van der Waals surface area (Å²) in [5, 5.41) is 3.27.